The van der Waals surface area contributed by atoms with Gasteiger partial charge in [-0.2, -0.15) is 0 Å². The fourth-order valence-corrected chi connectivity index (χ4v) is 2.57. The first-order valence-electron chi connectivity index (χ1n) is 6.16. The van der Waals surface area contributed by atoms with Gasteiger partial charge in [-0.25, -0.2) is 4.79 Å². The highest BCUT2D eigenvalue weighted by molar-refractivity contribution is 6.78. The lowest BCUT2D eigenvalue weighted by molar-refractivity contribution is -0.166. The van der Waals surface area contributed by atoms with Crippen molar-refractivity contribution in [2.24, 2.45) is 0 Å². The van der Waals surface area contributed by atoms with Crippen LogP contribution in [0.2, 0.25) is 25.7 Å². The SMILES string of the molecule is COC(C(=O)OC(=O)C[Si](C)(C)C)c1ccccc1. The molecule has 0 saturated heterocycles. The van der Waals surface area contributed by atoms with Gasteiger partial charge < -0.3 is 9.47 Å². The summed E-state index contributed by atoms with van der Waals surface area (Å²) in [7, 11) is -0.160. The molecule has 1 unspecified atom stereocenters. The zero-order valence-electron chi connectivity index (χ0n) is 11.8. The molecule has 0 aliphatic rings. The molecule has 5 heteroatoms. The second-order valence-electron chi connectivity index (χ2n) is 5.56. The van der Waals surface area contributed by atoms with Gasteiger partial charge in [-0.15, -0.1) is 0 Å². The highest BCUT2D eigenvalue weighted by atomic mass is 28.3. The van der Waals surface area contributed by atoms with E-state index in [4.69, 9.17) is 9.47 Å². The first-order valence-corrected chi connectivity index (χ1v) is 9.86. The molecule has 0 aliphatic carbocycles. The molecule has 0 saturated carbocycles. The van der Waals surface area contributed by atoms with Crippen LogP contribution in [0.4, 0.5) is 0 Å². The van der Waals surface area contributed by atoms with Gasteiger partial charge in [0.2, 0.25) is 0 Å². The van der Waals surface area contributed by atoms with Gasteiger partial charge in [-0.1, -0.05) is 50.0 Å². The van der Waals surface area contributed by atoms with Crippen molar-refractivity contribution in [1.82, 2.24) is 0 Å². The van der Waals surface area contributed by atoms with Crippen LogP contribution in [0.1, 0.15) is 11.7 Å². The molecule has 0 bridgehead atoms. The van der Waals surface area contributed by atoms with Crippen molar-refractivity contribution in [2.45, 2.75) is 31.8 Å². The number of hydrogen-bond donors (Lipinski definition) is 0. The first-order chi connectivity index (χ1) is 8.83. The molecule has 0 spiro atoms. The molecular weight excluding hydrogens is 260 g/mol. The third-order valence-corrected chi connectivity index (χ3v) is 3.79. The predicted molar refractivity (Wildman–Crippen MR) is 75.4 cm³/mol. The lowest BCUT2D eigenvalue weighted by Gasteiger charge is -2.16. The minimum Gasteiger partial charge on any atom is -0.391 e. The Morgan fingerprint density at radius 1 is 1.16 bits per heavy atom. The standard InChI is InChI=1S/C14H20O4Si/c1-17-13(11-8-6-5-7-9-11)14(16)18-12(15)10-19(2,3)4/h5-9,13H,10H2,1-4H3. The Hall–Kier alpha value is -1.46. The van der Waals surface area contributed by atoms with E-state index < -0.39 is 26.1 Å². The molecule has 0 heterocycles. The quantitative estimate of drug-likeness (QED) is 0.473. The molecule has 104 valence electrons. The van der Waals surface area contributed by atoms with Crippen LogP contribution in [0.5, 0.6) is 0 Å². The van der Waals surface area contributed by atoms with Gasteiger partial charge in [0, 0.05) is 13.2 Å². The van der Waals surface area contributed by atoms with Gasteiger partial charge in [0.05, 0.1) is 8.07 Å². The van der Waals surface area contributed by atoms with Crippen molar-refractivity contribution in [1.29, 1.82) is 0 Å². The summed E-state index contributed by atoms with van der Waals surface area (Å²) in [4.78, 5) is 23.6. The Balaban J connectivity index is 2.68. The summed E-state index contributed by atoms with van der Waals surface area (Å²) in [6, 6.07) is 9.30. The predicted octanol–water partition coefficient (Wildman–Crippen LogP) is 2.78. The number of methoxy groups -OCH3 is 1. The third kappa shape index (κ3) is 5.36. The normalized spacial score (nSPS) is 12.8. The molecule has 1 atom stereocenters. The highest BCUT2D eigenvalue weighted by Gasteiger charge is 2.26. The van der Waals surface area contributed by atoms with E-state index in [1.807, 2.05) is 25.7 Å². The van der Waals surface area contributed by atoms with Crippen molar-refractivity contribution in [2.75, 3.05) is 7.11 Å². The van der Waals surface area contributed by atoms with Crippen LogP contribution in [0.15, 0.2) is 30.3 Å². The molecule has 0 aliphatic heterocycles. The lowest BCUT2D eigenvalue weighted by Crippen LogP contribution is -2.28. The van der Waals surface area contributed by atoms with Gasteiger partial charge in [-0.05, 0) is 5.56 Å². The van der Waals surface area contributed by atoms with Crippen LogP contribution in [0, 0.1) is 0 Å². The zero-order valence-corrected chi connectivity index (χ0v) is 12.8. The molecule has 1 rings (SSSR count). The first kappa shape index (κ1) is 15.6. The van der Waals surface area contributed by atoms with Crippen molar-refractivity contribution >= 4 is 20.0 Å². The van der Waals surface area contributed by atoms with Gasteiger partial charge in [0.1, 0.15) is 0 Å². The molecule has 0 N–H and O–H groups in total. The maximum atomic E-state index is 11.9. The number of hydrogen-bond acceptors (Lipinski definition) is 4. The lowest BCUT2D eigenvalue weighted by atomic mass is 10.1. The van der Waals surface area contributed by atoms with Crippen LogP contribution in [-0.4, -0.2) is 27.1 Å². The van der Waals surface area contributed by atoms with E-state index >= 15 is 0 Å². The molecule has 0 amide bonds. The summed E-state index contributed by atoms with van der Waals surface area (Å²) in [6.45, 7) is 6.14. The number of benzene rings is 1. The number of ether oxygens (including phenoxy) is 2. The second-order valence-corrected chi connectivity index (χ2v) is 11.0. The number of carbonyl (C=O) groups excluding carboxylic acids is 2. The molecule has 1 aromatic rings. The molecule has 0 radical (unpaired) electrons. The maximum absolute atomic E-state index is 11.9. The summed E-state index contributed by atoms with van der Waals surface area (Å²) in [5, 5.41) is 0. The summed E-state index contributed by atoms with van der Waals surface area (Å²) < 4.78 is 9.98. The fraction of sp³-hybridized carbons (Fsp3) is 0.429. The van der Waals surface area contributed by atoms with E-state index in [9.17, 15) is 9.59 Å². The van der Waals surface area contributed by atoms with Crippen LogP contribution in [0.3, 0.4) is 0 Å². The monoisotopic (exact) mass is 280 g/mol. The number of rotatable bonds is 5. The highest BCUT2D eigenvalue weighted by Crippen LogP contribution is 2.19. The van der Waals surface area contributed by atoms with E-state index in [0.29, 0.717) is 11.6 Å². The van der Waals surface area contributed by atoms with Gasteiger partial charge in [0.15, 0.2) is 6.10 Å². The van der Waals surface area contributed by atoms with E-state index in [0.717, 1.165) is 0 Å². The van der Waals surface area contributed by atoms with E-state index in [1.165, 1.54) is 7.11 Å². The van der Waals surface area contributed by atoms with Gasteiger partial charge in [-0.3, -0.25) is 4.79 Å². The van der Waals surface area contributed by atoms with E-state index in [1.54, 1.807) is 24.3 Å². The Kier molecular flexibility index (Phi) is 5.44. The number of carbonyl (C=O) groups is 2. The molecule has 4 nitrogen and oxygen atoms in total. The minimum absolute atomic E-state index is 0.323. The molecule has 0 aromatic heterocycles. The van der Waals surface area contributed by atoms with Crippen LogP contribution < -0.4 is 0 Å². The minimum atomic E-state index is -1.58. The average molecular weight is 280 g/mol. The summed E-state index contributed by atoms with van der Waals surface area (Å²) in [5.74, 6) is -1.13. The molecule has 0 fully saturated rings. The topological polar surface area (TPSA) is 52.6 Å². The Bertz CT molecular complexity index is 437. The Morgan fingerprint density at radius 3 is 2.21 bits per heavy atom. The third-order valence-electron chi connectivity index (χ3n) is 2.44. The van der Waals surface area contributed by atoms with Gasteiger partial charge >= 0.3 is 11.9 Å². The fourth-order valence-electron chi connectivity index (χ4n) is 1.63. The van der Waals surface area contributed by atoms with E-state index in [-0.39, 0.29) is 0 Å². The van der Waals surface area contributed by atoms with Gasteiger partial charge in [0.25, 0.3) is 0 Å². The van der Waals surface area contributed by atoms with Crippen molar-refractivity contribution in [3.05, 3.63) is 35.9 Å². The van der Waals surface area contributed by atoms with Crippen LogP contribution in [0.25, 0.3) is 0 Å². The van der Waals surface area contributed by atoms with Crippen LogP contribution in [-0.2, 0) is 19.1 Å². The van der Waals surface area contributed by atoms with Crippen molar-refractivity contribution in [3.63, 3.8) is 0 Å². The molecule has 1 aromatic carbocycles. The maximum Gasteiger partial charge on any atom is 0.347 e. The smallest absolute Gasteiger partial charge is 0.347 e. The number of esters is 2. The summed E-state index contributed by atoms with van der Waals surface area (Å²) in [6.07, 6.45) is -0.855. The average Bonchev–Trinajstić information content (AvgIpc) is 2.28. The summed E-state index contributed by atoms with van der Waals surface area (Å²) >= 11 is 0. The van der Waals surface area contributed by atoms with Crippen molar-refractivity contribution < 1.29 is 19.1 Å². The molecular formula is C14H20O4Si. The largest absolute Gasteiger partial charge is 0.391 e. The van der Waals surface area contributed by atoms with E-state index in [2.05, 4.69) is 0 Å². The Morgan fingerprint density at radius 2 is 1.74 bits per heavy atom. The molecule has 19 heavy (non-hydrogen) atoms. The second kappa shape index (κ2) is 6.63. The zero-order chi connectivity index (χ0) is 14.5. The van der Waals surface area contributed by atoms with Crippen molar-refractivity contribution in [3.8, 4) is 0 Å². The summed E-state index contributed by atoms with van der Waals surface area (Å²) in [5.41, 5.74) is 0.677. The van der Waals surface area contributed by atoms with Crippen LogP contribution >= 0.6 is 0 Å². The Labute approximate surface area is 114 Å².